The highest BCUT2D eigenvalue weighted by atomic mass is 32.2. The lowest BCUT2D eigenvalue weighted by Gasteiger charge is -2.26. The van der Waals surface area contributed by atoms with E-state index in [2.05, 4.69) is 0 Å². The van der Waals surface area contributed by atoms with E-state index in [0.29, 0.717) is 5.56 Å². The van der Waals surface area contributed by atoms with Crippen LogP contribution in [0.5, 0.6) is 0 Å². The Labute approximate surface area is 170 Å². The van der Waals surface area contributed by atoms with Crippen LogP contribution < -0.4 is 0 Å². The molecule has 0 heterocycles. The van der Waals surface area contributed by atoms with Crippen LogP contribution in [0.4, 0.5) is 18.9 Å². The van der Waals surface area contributed by atoms with Crippen LogP contribution >= 0.6 is 11.8 Å². The van der Waals surface area contributed by atoms with Gasteiger partial charge < -0.3 is 4.90 Å². The molecule has 1 fully saturated rings. The number of hydrogen-bond donors (Lipinski definition) is 0. The van der Waals surface area contributed by atoms with E-state index in [1.54, 1.807) is 24.0 Å². The number of benzene rings is 2. The lowest BCUT2D eigenvalue weighted by Crippen LogP contribution is -2.37. The van der Waals surface area contributed by atoms with E-state index in [4.69, 9.17) is 0 Å². The van der Waals surface area contributed by atoms with Crippen molar-refractivity contribution in [2.45, 2.75) is 48.7 Å². The van der Waals surface area contributed by atoms with Gasteiger partial charge in [-0.15, -0.1) is 11.8 Å². The molecule has 1 aliphatic rings. The summed E-state index contributed by atoms with van der Waals surface area (Å²) in [6, 6.07) is 10.9. The van der Waals surface area contributed by atoms with Gasteiger partial charge in [-0.25, -0.2) is 0 Å². The van der Waals surface area contributed by atoms with Crippen molar-refractivity contribution in [1.29, 1.82) is 0 Å². The van der Waals surface area contributed by atoms with Crippen molar-refractivity contribution < 1.29 is 22.9 Å². The Kier molecular flexibility index (Phi) is 6.16. The molecule has 154 valence electrons. The van der Waals surface area contributed by atoms with Crippen LogP contribution in [-0.2, 0) is 17.5 Å². The highest BCUT2D eigenvalue weighted by molar-refractivity contribution is 8.00. The van der Waals surface area contributed by atoms with Gasteiger partial charge in [0.2, 0.25) is 5.91 Å². The summed E-state index contributed by atoms with van der Waals surface area (Å²) in [6.45, 7) is 2.02. The molecule has 5 nitrogen and oxygen atoms in total. The zero-order chi connectivity index (χ0) is 21.2. The first kappa shape index (κ1) is 21.2. The van der Waals surface area contributed by atoms with Gasteiger partial charge >= 0.3 is 6.18 Å². The minimum Gasteiger partial charge on any atom is -0.334 e. The molecule has 2 aromatic carbocycles. The van der Waals surface area contributed by atoms with Crippen LogP contribution in [0.3, 0.4) is 0 Å². The lowest BCUT2D eigenvalue weighted by atomic mass is 10.1. The number of hydrogen-bond acceptors (Lipinski definition) is 4. The quantitative estimate of drug-likeness (QED) is 0.344. The zero-order valence-electron chi connectivity index (χ0n) is 15.6. The van der Waals surface area contributed by atoms with Gasteiger partial charge in [-0.05, 0) is 49.6 Å². The van der Waals surface area contributed by atoms with E-state index in [-0.39, 0.29) is 24.2 Å². The summed E-state index contributed by atoms with van der Waals surface area (Å²) >= 11 is 1.30. The summed E-state index contributed by atoms with van der Waals surface area (Å²) in [7, 11) is 0. The van der Waals surface area contributed by atoms with Crippen LogP contribution in [0.1, 0.15) is 30.9 Å². The van der Waals surface area contributed by atoms with Gasteiger partial charge in [-0.2, -0.15) is 13.2 Å². The molecule has 9 heteroatoms. The number of rotatable bonds is 7. The van der Waals surface area contributed by atoms with Crippen LogP contribution in [0, 0.1) is 10.1 Å². The molecule has 0 spiro atoms. The number of alkyl halides is 3. The molecule has 0 saturated heterocycles. The average Bonchev–Trinajstić information content (AvgIpc) is 3.50. The molecule has 1 unspecified atom stereocenters. The molecule has 1 amide bonds. The van der Waals surface area contributed by atoms with E-state index in [9.17, 15) is 28.1 Å². The van der Waals surface area contributed by atoms with Gasteiger partial charge in [0.15, 0.2) is 0 Å². The van der Waals surface area contributed by atoms with Gasteiger partial charge in [0.1, 0.15) is 0 Å². The summed E-state index contributed by atoms with van der Waals surface area (Å²) < 4.78 is 38.2. The number of carbonyl (C=O) groups excluding carboxylic acids is 1. The molecular weight excluding hydrogens is 405 g/mol. The predicted molar refractivity (Wildman–Crippen MR) is 103 cm³/mol. The lowest BCUT2D eigenvalue weighted by molar-refractivity contribution is -0.384. The second-order valence-corrected chi connectivity index (χ2v) is 8.32. The molecule has 0 radical (unpaired) electrons. The van der Waals surface area contributed by atoms with Crippen LogP contribution in [-0.4, -0.2) is 27.0 Å². The molecule has 1 atom stereocenters. The van der Waals surface area contributed by atoms with Crippen molar-refractivity contribution in [3.05, 3.63) is 69.8 Å². The molecular formula is C20H19F3N2O3S. The summed E-state index contributed by atoms with van der Waals surface area (Å²) in [5.74, 6) is -0.101. The minimum atomic E-state index is -4.39. The van der Waals surface area contributed by atoms with Crippen LogP contribution in [0.15, 0.2) is 53.4 Å². The molecule has 0 aliphatic heterocycles. The Morgan fingerprint density at radius 1 is 1.17 bits per heavy atom. The van der Waals surface area contributed by atoms with Gasteiger partial charge in [-0.1, -0.05) is 12.1 Å². The van der Waals surface area contributed by atoms with E-state index >= 15 is 0 Å². The number of nitro benzene ring substituents is 1. The maximum Gasteiger partial charge on any atom is 0.416 e. The largest absolute Gasteiger partial charge is 0.416 e. The maximum absolute atomic E-state index is 13.0. The zero-order valence-corrected chi connectivity index (χ0v) is 16.4. The van der Waals surface area contributed by atoms with Gasteiger partial charge in [0, 0.05) is 29.6 Å². The Morgan fingerprint density at radius 2 is 1.76 bits per heavy atom. The fraction of sp³-hybridized carbons (Fsp3) is 0.350. The number of nitro groups is 1. The second kappa shape index (κ2) is 8.44. The fourth-order valence-electron chi connectivity index (χ4n) is 2.90. The highest BCUT2D eigenvalue weighted by Gasteiger charge is 2.35. The van der Waals surface area contributed by atoms with E-state index in [1.807, 2.05) is 0 Å². The van der Waals surface area contributed by atoms with Crippen molar-refractivity contribution in [2.24, 2.45) is 0 Å². The molecule has 2 aromatic rings. The average molecular weight is 424 g/mol. The van der Waals surface area contributed by atoms with Gasteiger partial charge in [0.05, 0.1) is 15.7 Å². The third kappa shape index (κ3) is 5.50. The van der Waals surface area contributed by atoms with Gasteiger partial charge in [0.25, 0.3) is 5.69 Å². The third-order valence-corrected chi connectivity index (χ3v) is 5.71. The Balaban J connectivity index is 1.66. The summed E-state index contributed by atoms with van der Waals surface area (Å²) in [5, 5.41) is 10.3. The van der Waals surface area contributed by atoms with E-state index in [1.165, 1.54) is 36.0 Å². The Morgan fingerprint density at radius 3 is 2.24 bits per heavy atom. The van der Waals surface area contributed by atoms with Crippen molar-refractivity contribution in [3.63, 3.8) is 0 Å². The number of carbonyl (C=O) groups is 1. The monoisotopic (exact) mass is 424 g/mol. The van der Waals surface area contributed by atoms with Crippen molar-refractivity contribution in [2.75, 3.05) is 0 Å². The summed E-state index contributed by atoms with van der Waals surface area (Å²) in [4.78, 5) is 25.7. The van der Waals surface area contributed by atoms with E-state index < -0.39 is 21.9 Å². The number of halogens is 3. The predicted octanol–water partition coefficient (Wildman–Crippen LogP) is 5.29. The number of non-ortho nitro benzene ring substituents is 1. The van der Waals surface area contributed by atoms with Crippen molar-refractivity contribution in [1.82, 2.24) is 4.90 Å². The first-order valence-corrected chi connectivity index (χ1v) is 9.91. The molecule has 0 bridgehead atoms. The third-order valence-electron chi connectivity index (χ3n) is 4.61. The number of thioether (sulfide) groups is 1. The smallest absolute Gasteiger partial charge is 0.334 e. The first-order valence-electron chi connectivity index (χ1n) is 9.03. The van der Waals surface area contributed by atoms with E-state index in [0.717, 1.165) is 29.9 Å². The fourth-order valence-corrected chi connectivity index (χ4v) is 3.84. The standard InChI is InChI=1S/C20H19F3N2O3S/c1-13(29-18-10-8-17(9-11-18)25(27)28)19(26)24(16-6-7-16)12-14-2-4-15(5-3-14)20(21,22)23/h2-5,8-11,13,16H,6-7,12H2,1H3. The molecule has 0 aromatic heterocycles. The second-order valence-electron chi connectivity index (χ2n) is 6.90. The first-order chi connectivity index (χ1) is 13.6. The number of nitrogens with zero attached hydrogens (tertiary/aromatic N) is 2. The van der Waals surface area contributed by atoms with Crippen molar-refractivity contribution in [3.8, 4) is 0 Å². The van der Waals surface area contributed by atoms with Gasteiger partial charge in [-0.3, -0.25) is 14.9 Å². The topological polar surface area (TPSA) is 63.5 Å². The summed E-state index contributed by atoms with van der Waals surface area (Å²) in [5.41, 5.74) is -0.0892. The molecule has 0 N–H and O–H groups in total. The molecule has 1 aliphatic carbocycles. The maximum atomic E-state index is 13.0. The normalized spacial score (nSPS) is 15.0. The van der Waals surface area contributed by atoms with Crippen LogP contribution in [0.25, 0.3) is 0 Å². The summed E-state index contributed by atoms with van der Waals surface area (Å²) in [6.07, 6.45) is -2.64. The molecule has 3 rings (SSSR count). The minimum absolute atomic E-state index is 0.0183. The van der Waals surface area contributed by atoms with Crippen molar-refractivity contribution >= 4 is 23.4 Å². The molecule has 29 heavy (non-hydrogen) atoms. The molecule has 1 saturated carbocycles. The Hall–Kier alpha value is -2.55. The highest BCUT2D eigenvalue weighted by Crippen LogP contribution is 2.34. The number of amides is 1. The van der Waals surface area contributed by atoms with Crippen LogP contribution in [0.2, 0.25) is 0 Å². The SMILES string of the molecule is CC(Sc1ccc([N+](=O)[O-])cc1)C(=O)N(Cc1ccc(C(F)(F)F)cc1)C1CC1. The Bertz CT molecular complexity index is 881.